The third-order valence-corrected chi connectivity index (χ3v) is 4.52. The number of ketones is 1. The van der Waals surface area contributed by atoms with E-state index in [9.17, 15) is 9.59 Å². The average Bonchev–Trinajstić information content (AvgIpc) is 2.70. The number of carbonyl (C=O) groups excluding carboxylic acids is 2. The minimum absolute atomic E-state index is 0.179. The van der Waals surface area contributed by atoms with Crippen LogP contribution in [0.4, 0.5) is 0 Å². The van der Waals surface area contributed by atoms with Crippen molar-refractivity contribution in [1.82, 2.24) is 0 Å². The van der Waals surface area contributed by atoms with Gasteiger partial charge in [0.15, 0.2) is 12.4 Å². The first-order valence-corrected chi connectivity index (χ1v) is 8.79. The molecule has 26 heavy (non-hydrogen) atoms. The van der Waals surface area contributed by atoms with Gasteiger partial charge in [-0.2, -0.15) is 0 Å². The van der Waals surface area contributed by atoms with Crippen LogP contribution in [0.1, 0.15) is 39.9 Å². The minimum Gasteiger partial charge on any atom is -0.497 e. The summed E-state index contributed by atoms with van der Waals surface area (Å²) in [5.41, 5.74) is 4.00. The lowest BCUT2D eigenvalue weighted by Crippen LogP contribution is -2.13. The fourth-order valence-electron chi connectivity index (χ4n) is 3.08. The van der Waals surface area contributed by atoms with Crippen molar-refractivity contribution < 1.29 is 19.1 Å². The molecule has 0 unspecified atom stereocenters. The molecule has 3 rings (SSSR count). The molecule has 1 aliphatic rings. The first kappa shape index (κ1) is 17.9. The molecule has 0 amide bonds. The Kier molecular flexibility index (Phi) is 5.84. The lowest BCUT2D eigenvalue weighted by Gasteiger charge is -2.16. The van der Waals surface area contributed by atoms with Gasteiger partial charge in [0.05, 0.1) is 7.11 Å². The summed E-state index contributed by atoms with van der Waals surface area (Å²) in [6, 6.07) is 13.1. The van der Waals surface area contributed by atoms with Gasteiger partial charge in [0.25, 0.3) is 0 Å². The number of carbonyl (C=O) groups is 2. The van der Waals surface area contributed by atoms with E-state index in [4.69, 9.17) is 9.47 Å². The van der Waals surface area contributed by atoms with Gasteiger partial charge in [-0.25, -0.2) is 4.79 Å². The molecule has 0 aliphatic heterocycles. The van der Waals surface area contributed by atoms with Crippen molar-refractivity contribution >= 4 is 17.8 Å². The second-order valence-corrected chi connectivity index (χ2v) is 6.33. The Morgan fingerprint density at radius 1 is 1.04 bits per heavy atom. The predicted octanol–water partition coefficient (Wildman–Crippen LogP) is 4.01. The summed E-state index contributed by atoms with van der Waals surface area (Å²) in [5.74, 6) is -0.0104. The Labute approximate surface area is 153 Å². The predicted molar refractivity (Wildman–Crippen MR) is 100 cm³/mol. The van der Waals surface area contributed by atoms with Crippen LogP contribution in [-0.2, 0) is 22.4 Å². The maximum atomic E-state index is 12.3. The Hall–Kier alpha value is -2.88. The molecular weight excluding hydrogens is 328 g/mol. The van der Waals surface area contributed by atoms with Crippen molar-refractivity contribution in [2.45, 2.75) is 25.7 Å². The fraction of sp³-hybridized carbons (Fsp3) is 0.273. The number of benzene rings is 2. The van der Waals surface area contributed by atoms with Crippen molar-refractivity contribution in [3.05, 3.63) is 70.8 Å². The van der Waals surface area contributed by atoms with E-state index in [0.29, 0.717) is 11.3 Å². The van der Waals surface area contributed by atoms with E-state index in [0.717, 1.165) is 24.8 Å². The Bertz CT molecular complexity index is 836. The SMILES string of the molecule is COc1cccc(/C=C/C(=O)OCC(=O)c2ccc3c(c2)CCCC3)c1. The highest BCUT2D eigenvalue weighted by Crippen LogP contribution is 2.22. The molecule has 0 bridgehead atoms. The molecule has 0 fully saturated rings. The first-order chi connectivity index (χ1) is 12.7. The Morgan fingerprint density at radius 3 is 2.65 bits per heavy atom. The maximum Gasteiger partial charge on any atom is 0.331 e. The molecule has 0 heterocycles. The summed E-state index contributed by atoms with van der Waals surface area (Å²) in [5, 5.41) is 0. The van der Waals surface area contributed by atoms with Crippen LogP contribution < -0.4 is 4.74 Å². The zero-order chi connectivity index (χ0) is 18.4. The van der Waals surface area contributed by atoms with Gasteiger partial charge in [-0.15, -0.1) is 0 Å². The smallest absolute Gasteiger partial charge is 0.331 e. The van der Waals surface area contributed by atoms with Gasteiger partial charge in [-0.3, -0.25) is 4.79 Å². The van der Waals surface area contributed by atoms with Gasteiger partial charge in [0.1, 0.15) is 5.75 Å². The molecule has 1 aliphatic carbocycles. The van der Waals surface area contributed by atoms with Gasteiger partial charge >= 0.3 is 5.97 Å². The Morgan fingerprint density at radius 2 is 1.85 bits per heavy atom. The topological polar surface area (TPSA) is 52.6 Å². The van der Waals surface area contributed by atoms with E-state index >= 15 is 0 Å². The molecule has 0 saturated heterocycles. The van der Waals surface area contributed by atoms with Crippen molar-refractivity contribution in [2.75, 3.05) is 13.7 Å². The quantitative estimate of drug-likeness (QED) is 0.449. The molecule has 134 valence electrons. The first-order valence-electron chi connectivity index (χ1n) is 8.79. The number of aryl methyl sites for hydroxylation is 2. The zero-order valence-corrected chi connectivity index (χ0v) is 14.9. The molecule has 0 atom stereocenters. The lowest BCUT2D eigenvalue weighted by atomic mass is 9.90. The van der Waals surface area contributed by atoms with Crippen LogP contribution in [0.3, 0.4) is 0 Å². The van der Waals surface area contributed by atoms with Crippen molar-refractivity contribution in [2.24, 2.45) is 0 Å². The Balaban J connectivity index is 1.55. The molecule has 0 saturated carbocycles. The number of hydrogen-bond acceptors (Lipinski definition) is 4. The van der Waals surface area contributed by atoms with Crippen molar-refractivity contribution in [3.8, 4) is 5.75 Å². The second-order valence-electron chi connectivity index (χ2n) is 6.33. The number of Topliss-reactive ketones (excluding diaryl/α,β-unsaturated/α-hetero) is 1. The summed E-state index contributed by atoms with van der Waals surface area (Å²) < 4.78 is 10.2. The van der Waals surface area contributed by atoms with Crippen LogP contribution in [0, 0.1) is 0 Å². The van der Waals surface area contributed by atoms with Crippen LogP contribution in [-0.4, -0.2) is 25.5 Å². The minimum atomic E-state index is -0.542. The van der Waals surface area contributed by atoms with Gasteiger partial charge < -0.3 is 9.47 Å². The molecule has 0 radical (unpaired) electrons. The number of hydrogen-bond donors (Lipinski definition) is 0. The van der Waals surface area contributed by atoms with Crippen LogP contribution in [0.2, 0.25) is 0 Å². The number of rotatable bonds is 6. The number of fused-ring (bicyclic) bond motifs is 1. The summed E-state index contributed by atoms with van der Waals surface area (Å²) in [6.07, 6.45) is 7.41. The zero-order valence-electron chi connectivity index (χ0n) is 14.9. The van der Waals surface area contributed by atoms with E-state index in [1.165, 1.54) is 23.6 Å². The van der Waals surface area contributed by atoms with E-state index in [-0.39, 0.29) is 12.4 Å². The summed E-state index contributed by atoms with van der Waals surface area (Å²) >= 11 is 0. The molecule has 0 N–H and O–H groups in total. The molecule has 0 aromatic heterocycles. The van der Waals surface area contributed by atoms with Crippen LogP contribution >= 0.6 is 0 Å². The normalized spacial score (nSPS) is 13.3. The number of esters is 1. The lowest BCUT2D eigenvalue weighted by molar-refractivity contribution is -0.136. The van der Waals surface area contributed by atoms with E-state index in [1.54, 1.807) is 13.2 Å². The molecule has 2 aromatic rings. The van der Waals surface area contributed by atoms with Crippen molar-refractivity contribution in [3.63, 3.8) is 0 Å². The largest absolute Gasteiger partial charge is 0.497 e. The van der Waals surface area contributed by atoms with Crippen LogP contribution in [0.25, 0.3) is 6.08 Å². The van der Waals surface area contributed by atoms with Crippen LogP contribution in [0.15, 0.2) is 48.5 Å². The van der Waals surface area contributed by atoms with E-state index < -0.39 is 5.97 Å². The molecular formula is C22H22O4. The number of methoxy groups -OCH3 is 1. The van der Waals surface area contributed by atoms with Crippen molar-refractivity contribution in [1.29, 1.82) is 0 Å². The maximum absolute atomic E-state index is 12.3. The highest BCUT2D eigenvalue weighted by atomic mass is 16.5. The van der Waals surface area contributed by atoms with Gasteiger partial charge in [-0.05, 0) is 66.6 Å². The molecule has 4 nitrogen and oxygen atoms in total. The molecule has 0 spiro atoms. The van der Waals surface area contributed by atoms with E-state index in [1.807, 2.05) is 42.5 Å². The second kappa shape index (κ2) is 8.48. The van der Waals surface area contributed by atoms with E-state index in [2.05, 4.69) is 0 Å². The fourth-order valence-corrected chi connectivity index (χ4v) is 3.08. The van der Waals surface area contributed by atoms with Gasteiger partial charge in [0, 0.05) is 11.6 Å². The number of ether oxygens (including phenoxy) is 2. The summed E-state index contributed by atoms with van der Waals surface area (Å²) in [7, 11) is 1.59. The molecule has 2 aromatic carbocycles. The third kappa shape index (κ3) is 4.60. The average molecular weight is 350 g/mol. The third-order valence-electron chi connectivity index (χ3n) is 4.52. The van der Waals surface area contributed by atoms with Crippen LogP contribution in [0.5, 0.6) is 5.75 Å². The summed E-state index contributed by atoms with van der Waals surface area (Å²) in [4.78, 5) is 24.1. The van der Waals surface area contributed by atoms with Gasteiger partial charge in [-0.1, -0.05) is 24.3 Å². The monoisotopic (exact) mass is 350 g/mol. The standard InChI is InChI=1S/C22H22O4/c1-25-20-8-4-5-16(13-20)9-12-22(24)26-15-21(23)19-11-10-17-6-2-3-7-18(17)14-19/h4-5,8-14H,2-3,6-7,15H2,1H3/b12-9+. The van der Waals surface area contributed by atoms with Gasteiger partial charge in [0.2, 0.25) is 0 Å². The summed E-state index contributed by atoms with van der Waals surface area (Å²) in [6.45, 7) is -0.250. The highest BCUT2D eigenvalue weighted by Gasteiger charge is 2.14. The molecule has 4 heteroatoms. The highest BCUT2D eigenvalue weighted by molar-refractivity contribution is 5.99.